The van der Waals surface area contributed by atoms with Crippen molar-refractivity contribution in [2.75, 3.05) is 25.5 Å². The zero-order valence-electron chi connectivity index (χ0n) is 20.8. The molecule has 1 saturated carbocycles. The van der Waals surface area contributed by atoms with E-state index in [9.17, 15) is 8.42 Å². The van der Waals surface area contributed by atoms with Crippen molar-refractivity contribution in [3.63, 3.8) is 0 Å². The molecule has 1 aliphatic carbocycles. The van der Waals surface area contributed by atoms with Gasteiger partial charge in [-0.05, 0) is 44.0 Å². The molecule has 5 rings (SSSR count). The predicted octanol–water partition coefficient (Wildman–Crippen LogP) is 3.96. The third kappa shape index (κ3) is 5.24. The van der Waals surface area contributed by atoms with Gasteiger partial charge in [0.25, 0.3) is 0 Å². The summed E-state index contributed by atoms with van der Waals surface area (Å²) in [5.74, 6) is 0.164. The zero-order chi connectivity index (χ0) is 26.9. The van der Waals surface area contributed by atoms with Crippen molar-refractivity contribution in [2.24, 2.45) is 0 Å². The third-order valence-corrected chi connectivity index (χ3v) is 9.71. The monoisotopic (exact) mass is 558 g/mol. The highest BCUT2D eigenvalue weighted by Crippen LogP contribution is 2.33. The Hall–Kier alpha value is -3.11. The van der Waals surface area contributed by atoms with Gasteiger partial charge in [-0.2, -0.15) is 9.40 Å². The van der Waals surface area contributed by atoms with Gasteiger partial charge in [0.2, 0.25) is 21.7 Å². The van der Waals surface area contributed by atoms with Crippen molar-refractivity contribution in [3.05, 3.63) is 58.8 Å². The number of aromatic nitrogens is 4. The van der Waals surface area contributed by atoms with Crippen LogP contribution in [0.2, 0.25) is 5.02 Å². The SMILES string of the molecule is [C-]#[N+]c1cnc(N[C@H]2CCN(S(=O)(=O)C3CCC3)C[C@H]2F)nc1-c1cnn(-c2ccc(CNC)cc2Cl)c1. The van der Waals surface area contributed by atoms with Crippen LogP contribution in [0.1, 0.15) is 31.2 Å². The maximum Gasteiger partial charge on any atom is 0.231 e. The Balaban J connectivity index is 1.33. The normalized spacial score (nSPS) is 20.6. The molecule has 0 unspecified atom stereocenters. The summed E-state index contributed by atoms with van der Waals surface area (Å²) in [5.41, 5.74) is 2.87. The number of hydrogen-bond acceptors (Lipinski definition) is 7. The standard InChI is InChI=1S/C25H28ClFN8O2S/c1-28-11-16-6-7-23(19(26)10-16)35-14-17(12-31-35)24-22(29-2)13-30-25(33-24)32-21-8-9-34(15-20(21)27)38(36,37)18-4-3-5-18/h6-7,10,12-14,18,20-21,28H,3-5,8-9,11,15H2,1H3,(H,30,32,33)/t20-,21+/m1/s1. The van der Waals surface area contributed by atoms with Crippen LogP contribution in [0.3, 0.4) is 0 Å². The van der Waals surface area contributed by atoms with Crippen molar-refractivity contribution in [3.8, 4) is 16.9 Å². The maximum atomic E-state index is 15.1. The molecule has 2 fully saturated rings. The van der Waals surface area contributed by atoms with E-state index in [1.807, 2.05) is 25.2 Å². The summed E-state index contributed by atoms with van der Waals surface area (Å²) < 4.78 is 43.3. The molecule has 2 N–H and O–H groups in total. The summed E-state index contributed by atoms with van der Waals surface area (Å²) in [5, 5.41) is 10.6. The number of nitrogens with one attached hydrogen (secondary N) is 2. The topological polar surface area (TPSA) is 109 Å². The molecule has 0 spiro atoms. The summed E-state index contributed by atoms with van der Waals surface area (Å²) in [6, 6.07) is 5.04. The molecular formula is C25H28ClFN8O2S. The Morgan fingerprint density at radius 3 is 2.74 bits per heavy atom. The average Bonchev–Trinajstić information content (AvgIpc) is 3.34. The number of anilines is 1. The van der Waals surface area contributed by atoms with E-state index < -0.39 is 22.2 Å². The molecule has 0 radical (unpaired) electrons. The second-order valence-electron chi connectivity index (χ2n) is 9.54. The molecule has 1 saturated heterocycles. The number of benzene rings is 1. The van der Waals surface area contributed by atoms with Gasteiger partial charge in [0.05, 0.1) is 40.5 Å². The molecule has 3 heterocycles. The minimum atomic E-state index is -3.46. The Morgan fingerprint density at radius 1 is 1.26 bits per heavy atom. The van der Waals surface area contributed by atoms with Crippen LogP contribution < -0.4 is 10.6 Å². The molecule has 2 aromatic heterocycles. The number of sulfonamides is 1. The minimum Gasteiger partial charge on any atom is -0.349 e. The Morgan fingerprint density at radius 2 is 2.08 bits per heavy atom. The maximum absolute atomic E-state index is 15.1. The molecule has 10 nitrogen and oxygen atoms in total. The molecule has 1 aromatic carbocycles. The lowest BCUT2D eigenvalue weighted by molar-refractivity contribution is 0.183. The number of nitrogens with zero attached hydrogens (tertiary/aromatic N) is 6. The fraction of sp³-hybridized carbons (Fsp3) is 0.440. The van der Waals surface area contributed by atoms with Gasteiger partial charge < -0.3 is 10.6 Å². The summed E-state index contributed by atoms with van der Waals surface area (Å²) >= 11 is 6.48. The second kappa shape index (κ2) is 10.9. The number of hydrogen-bond donors (Lipinski definition) is 2. The summed E-state index contributed by atoms with van der Waals surface area (Å²) in [4.78, 5) is 12.2. The first kappa shape index (κ1) is 26.5. The molecule has 0 bridgehead atoms. The number of piperidine rings is 1. The molecule has 13 heteroatoms. The Labute approximate surface area is 226 Å². The van der Waals surface area contributed by atoms with E-state index in [-0.39, 0.29) is 36.4 Å². The van der Waals surface area contributed by atoms with Crippen LogP contribution in [0.4, 0.5) is 16.0 Å². The number of halogens is 2. The first-order valence-corrected chi connectivity index (χ1v) is 14.3. The summed E-state index contributed by atoms with van der Waals surface area (Å²) in [7, 11) is -1.60. The Bertz CT molecular complexity index is 1470. The van der Waals surface area contributed by atoms with Crippen molar-refractivity contribution in [2.45, 2.75) is 49.7 Å². The third-order valence-electron chi connectivity index (χ3n) is 7.04. The van der Waals surface area contributed by atoms with E-state index in [0.717, 1.165) is 12.0 Å². The molecule has 2 aliphatic rings. The predicted molar refractivity (Wildman–Crippen MR) is 144 cm³/mol. The highest BCUT2D eigenvalue weighted by Gasteiger charge is 2.41. The Kier molecular flexibility index (Phi) is 7.63. The van der Waals surface area contributed by atoms with Crippen molar-refractivity contribution in [1.29, 1.82) is 0 Å². The lowest BCUT2D eigenvalue weighted by Gasteiger charge is -2.38. The van der Waals surface area contributed by atoms with E-state index >= 15 is 4.39 Å². The molecule has 38 heavy (non-hydrogen) atoms. The van der Waals surface area contributed by atoms with Gasteiger partial charge in [0, 0.05) is 37.6 Å². The summed E-state index contributed by atoms with van der Waals surface area (Å²) in [6.45, 7) is 8.28. The van der Waals surface area contributed by atoms with Gasteiger partial charge in [0.1, 0.15) is 6.17 Å². The number of rotatable bonds is 8. The van der Waals surface area contributed by atoms with Gasteiger partial charge in [-0.3, -0.25) is 0 Å². The fourth-order valence-corrected chi connectivity index (χ4v) is 7.03. The van der Waals surface area contributed by atoms with Crippen molar-refractivity contribution >= 4 is 33.3 Å². The van der Waals surface area contributed by atoms with Gasteiger partial charge in [-0.25, -0.2) is 32.3 Å². The van der Waals surface area contributed by atoms with E-state index in [2.05, 4.69) is 30.5 Å². The van der Waals surface area contributed by atoms with Crippen LogP contribution in [0.5, 0.6) is 0 Å². The van der Waals surface area contributed by atoms with Crippen molar-refractivity contribution < 1.29 is 12.8 Å². The van der Waals surface area contributed by atoms with Crippen LogP contribution in [-0.2, 0) is 16.6 Å². The molecule has 3 aromatic rings. The molecule has 1 aliphatic heterocycles. The fourth-order valence-electron chi connectivity index (χ4n) is 4.68. The van der Waals surface area contributed by atoms with Gasteiger partial charge in [-0.15, -0.1) is 0 Å². The molecule has 200 valence electrons. The largest absolute Gasteiger partial charge is 0.349 e. The minimum absolute atomic E-state index is 0.164. The van der Waals surface area contributed by atoms with E-state index in [0.29, 0.717) is 41.4 Å². The van der Waals surface area contributed by atoms with E-state index in [1.165, 1.54) is 10.5 Å². The second-order valence-corrected chi connectivity index (χ2v) is 12.2. The van der Waals surface area contributed by atoms with Gasteiger partial charge >= 0.3 is 0 Å². The average molecular weight is 559 g/mol. The molecular weight excluding hydrogens is 531 g/mol. The van der Waals surface area contributed by atoms with E-state index in [1.54, 1.807) is 17.1 Å². The number of alkyl halides is 1. The lowest BCUT2D eigenvalue weighted by Crippen LogP contribution is -2.53. The van der Waals surface area contributed by atoms with Crippen LogP contribution in [0.25, 0.3) is 21.8 Å². The molecule has 0 amide bonds. The zero-order valence-corrected chi connectivity index (χ0v) is 22.4. The van der Waals surface area contributed by atoms with Gasteiger partial charge in [0.15, 0.2) is 0 Å². The molecule has 2 atom stereocenters. The van der Waals surface area contributed by atoms with Gasteiger partial charge in [-0.1, -0.05) is 24.1 Å². The first-order valence-electron chi connectivity index (χ1n) is 12.4. The van der Waals surface area contributed by atoms with Crippen LogP contribution >= 0.6 is 11.6 Å². The summed E-state index contributed by atoms with van der Waals surface area (Å²) in [6.07, 6.45) is 5.76. The first-order chi connectivity index (χ1) is 18.3. The van der Waals surface area contributed by atoms with Crippen molar-refractivity contribution in [1.82, 2.24) is 29.4 Å². The van der Waals surface area contributed by atoms with Crippen LogP contribution in [0, 0.1) is 6.57 Å². The highest BCUT2D eigenvalue weighted by molar-refractivity contribution is 7.89. The van der Waals surface area contributed by atoms with Crippen LogP contribution in [0.15, 0.2) is 36.8 Å². The van der Waals surface area contributed by atoms with E-state index in [4.69, 9.17) is 18.2 Å². The van der Waals surface area contributed by atoms with Crippen LogP contribution in [-0.4, -0.2) is 70.1 Å². The lowest BCUT2D eigenvalue weighted by atomic mass is 10.0. The smallest absolute Gasteiger partial charge is 0.231 e. The quantitative estimate of drug-likeness (QED) is 0.403. The highest BCUT2D eigenvalue weighted by atomic mass is 35.5.